The molecule has 4 aromatic rings. The van der Waals surface area contributed by atoms with Crippen LogP contribution in [0.5, 0.6) is 0 Å². The average Bonchev–Trinajstić information content (AvgIpc) is 3.36. The van der Waals surface area contributed by atoms with E-state index in [1.54, 1.807) is 6.07 Å². The first-order chi connectivity index (χ1) is 15.1. The monoisotopic (exact) mass is 449 g/mol. The first-order valence-electron chi connectivity index (χ1n) is 10.6. The summed E-state index contributed by atoms with van der Waals surface area (Å²) >= 11 is 12.5. The van der Waals surface area contributed by atoms with Crippen LogP contribution in [-0.2, 0) is 12.8 Å². The van der Waals surface area contributed by atoms with Crippen molar-refractivity contribution in [2.75, 3.05) is 18.0 Å². The van der Waals surface area contributed by atoms with Gasteiger partial charge in [-0.25, -0.2) is 9.97 Å². The lowest BCUT2D eigenvalue weighted by atomic mass is 9.76. The highest BCUT2D eigenvalue weighted by Gasteiger charge is 2.40. The van der Waals surface area contributed by atoms with E-state index in [2.05, 4.69) is 44.1 Å². The fourth-order valence-corrected chi connectivity index (χ4v) is 5.46. The van der Waals surface area contributed by atoms with Crippen molar-refractivity contribution in [1.29, 1.82) is 0 Å². The van der Waals surface area contributed by atoms with E-state index < -0.39 is 0 Å². The molecular formula is C24H21Cl2N5. The molecule has 7 heteroatoms. The standard InChI is InChI=1S/C24H21Cl2N5/c25-18-7-3-6-17(20(18)26)21-28-19-14-27-23(30-22(19)29-21)31-10-8-24(9-11-31)12-15-4-1-2-5-16(15)13-24/h1-7,14H,8-13H2,(H,27,28,29,30). The molecule has 0 saturated carbocycles. The smallest absolute Gasteiger partial charge is 0.227 e. The van der Waals surface area contributed by atoms with Crippen molar-refractivity contribution in [2.24, 2.45) is 5.41 Å². The Hall–Kier alpha value is -2.63. The maximum absolute atomic E-state index is 6.36. The summed E-state index contributed by atoms with van der Waals surface area (Å²) in [7, 11) is 0. The van der Waals surface area contributed by atoms with Crippen molar-refractivity contribution in [3.63, 3.8) is 0 Å². The Bertz CT molecular complexity index is 1260. The molecule has 1 saturated heterocycles. The second kappa shape index (κ2) is 7.21. The number of aromatic amines is 1. The number of nitrogens with zero attached hydrogens (tertiary/aromatic N) is 4. The molecule has 2 aromatic carbocycles. The molecule has 1 spiro atoms. The molecule has 2 aromatic heterocycles. The lowest BCUT2D eigenvalue weighted by Gasteiger charge is -2.39. The molecule has 1 aliphatic carbocycles. The molecule has 0 amide bonds. The summed E-state index contributed by atoms with van der Waals surface area (Å²) in [6, 6.07) is 14.4. The first-order valence-corrected chi connectivity index (χ1v) is 11.3. The minimum Gasteiger partial charge on any atom is -0.341 e. The fraction of sp³-hybridized carbons (Fsp3) is 0.292. The lowest BCUT2D eigenvalue weighted by Crippen LogP contribution is -2.41. The van der Waals surface area contributed by atoms with Crippen molar-refractivity contribution in [1.82, 2.24) is 19.9 Å². The van der Waals surface area contributed by atoms with E-state index in [1.165, 1.54) is 24.0 Å². The number of aromatic nitrogens is 4. The van der Waals surface area contributed by atoms with Gasteiger partial charge in [-0.15, -0.1) is 0 Å². The Morgan fingerprint density at radius 1 is 0.903 bits per heavy atom. The number of benzene rings is 2. The number of piperidine rings is 1. The Morgan fingerprint density at radius 3 is 2.39 bits per heavy atom. The predicted molar refractivity (Wildman–Crippen MR) is 125 cm³/mol. The fourth-order valence-electron chi connectivity index (χ4n) is 5.07. The molecule has 0 bridgehead atoms. The number of anilines is 1. The number of imidazole rings is 1. The van der Waals surface area contributed by atoms with Crippen molar-refractivity contribution >= 4 is 40.3 Å². The molecule has 1 fully saturated rings. The third-order valence-electron chi connectivity index (χ3n) is 6.79. The van der Waals surface area contributed by atoms with Crippen LogP contribution in [0, 0.1) is 5.41 Å². The van der Waals surface area contributed by atoms with E-state index in [9.17, 15) is 0 Å². The van der Waals surface area contributed by atoms with Crippen molar-refractivity contribution < 1.29 is 0 Å². The van der Waals surface area contributed by atoms with Gasteiger partial charge in [0.2, 0.25) is 5.95 Å². The van der Waals surface area contributed by atoms with E-state index in [0.29, 0.717) is 26.9 Å². The number of hydrogen-bond donors (Lipinski definition) is 1. The van der Waals surface area contributed by atoms with Gasteiger partial charge < -0.3 is 9.88 Å². The van der Waals surface area contributed by atoms with Crippen molar-refractivity contribution in [2.45, 2.75) is 25.7 Å². The van der Waals surface area contributed by atoms with Crippen LogP contribution in [0.2, 0.25) is 10.0 Å². The summed E-state index contributed by atoms with van der Waals surface area (Å²) in [5.41, 5.74) is 5.64. The van der Waals surface area contributed by atoms with Gasteiger partial charge in [-0.1, -0.05) is 53.5 Å². The van der Waals surface area contributed by atoms with E-state index in [-0.39, 0.29) is 0 Å². The quantitative estimate of drug-likeness (QED) is 0.425. The number of nitrogens with one attached hydrogen (secondary N) is 1. The highest BCUT2D eigenvalue weighted by atomic mass is 35.5. The molecule has 2 aliphatic rings. The second-order valence-electron chi connectivity index (χ2n) is 8.70. The third kappa shape index (κ3) is 3.27. The highest BCUT2D eigenvalue weighted by molar-refractivity contribution is 6.43. The zero-order valence-electron chi connectivity index (χ0n) is 16.9. The Labute approximate surface area is 190 Å². The SMILES string of the molecule is Clc1cccc(-c2nc3nc(N4CCC5(CC4)Cc4ccccc4C5)ncc3[nH]2)c1Cl. The van der Waals surface area contributed by atoms with E-state index in [0.717, 1.165) is 43.0 Å². The number of H-pyrrole nitrogens is 1. The Balaban J connectivity index is 1.23. The van der Waals surface area contributed by atoms with E-state index in [4.69, 9.17) is 28.2 Å². The minimum atomic E-state index is 0.396. The van der Waals surface area contributed by atoms with Gasteiger partial charge in [0.05, 0.1) is 16.2 Å². The van der Waals surface area contributed by atoms with Gasteiger partial charge in [0.1, 0.15) is 11.3 Å². The Morgan fingerprint density at radius 2 is 1.65 bits per heavy atom. The molecule has 0 unspecified atom stereocenters. The van der Waals surface area contributed by atoms with Crippen LogP contribution in [0.4, 0.5) is 5.95 Å². The summed E-state index contributed by atoms with van der Waals surface area (Å²) in [5.74, 6) is 1.39. The van der Waals surface area contributed by atoms with Gasteiger partial charge in [0.15, 0.2) is 5.65 Å². The van der Waals surface area contributed by atoms with Crippen LogP contribution < -0.4 is 4.90 Å². The zero-order chi connectivity index (χ0) is 21.0. The van der Waals surface area contributed by atoms with Crippen LogP contribution in [-0.4, -0.2) is 33.0 Å². The van der Waals surface area contributed by atoms with Gasteiger partial charge in [-0.05, 0) is 54.4 Å². The van der Waals surface area contributed by atoms with E-state index >= 15 is 0 Å². The minimum absolute atomic E-state index is 0.396. The molecular weight excluding hydrogens is 429 g/mol. The summed E-state index contributed by atoms with van der Waals surface area (Å²) in [6.07, 6.45) is 6.52. The van der Waals surface area contributed by atoms with Gasteiger partial charge in [0, 0.05) is 18.7 Å². The van der Waals surface area contributed by atoms with Gasteiger partial charge in [-0.3, -0.25) is 0 Å². The number of hydrogen-bond acceptors (Lipinski definition) is 4. The lowest BCUT2D eigenvalue weighted by molar-refractivity contribution is 0.232. The molecule has 6 rings (SSSR count). The highest BCUT2D eigenvalue weighted by Crippen LogP contribution is 2.45. The zero-order valence-corrected chi connectivity index (χ0v) is 18.4. The summed E-state index contributed by atoms with van der Waals surface area (Å²) in [4.78, 5) is 19.6. The third-order valence-corrected chi connectivity index (χ3v) is 7.61. The number of fused-ring (bicyclic) bond motifs is 2. The molecule has 0 radical (unpaired) electrons. The molecule has 0 atom stereocenters. The number of rotatable bonds is 2. The van der Waals surface area contributed by atoms with E-state index in [1.807, 2.05) is 18.3 Å². The summed E-state index contributed by atoms with van der Waals surface area (Å²) in [5, 5.41) is 0.984. The Kier molecular flexibility index (Phi) is 4.44. The molecule has 1 aliphatic heterocycles. The van der Waals surface area contributed by atoms with Crippen LogP contribution in [0.25, 0.3) is 22.6 Å². The van der Waals surface area contributed by atoms with Crippen LogP contribution in [0.15, 0.2) is 48.7 Å². The summed E-state index contributed by atoms with van der Waals surface area (Å²) in [6.45, 7) is 1.94. The largest absolute Gasteiger partial charge is 0.341 e. The van der Waals surface area contributed by atoms with Gasteiger partial charge in [-0.2, -0.15) is 4.98 Å². The molecule has 3 heterocycles. The summed E-state index contributed by atoms with van der Waals surface area (Å²) < 4.78 is 0. The first kappa shape index (κ1) is 19.1. The maximum Gasteiger partial charge on any atom is 0.227 e. The van der Waals surface area contributed by atoms with Crippen LogP contribution >= 0.6 is 23.2 Å². The maximum atomic E-state index is 6.36. The van der Waals surface area contributed by atoms with Crippen LogP contribution in [0.3, 0.4) is 0 Å². The predicted octanol–water partition coefficient (Wildman–Crippen LogP) is 5.71. The molecule has 1 N–H and O–H groups in total. The number of halogens is 2. The molecule has 31 heavy (non-hydrogen) atoms. The topological polar surface area (TPSA) is 57.7 Å². The molecule has 5 nitrogen and oxygen atoms in total. The van der Waals surface area contributed by atoms with Gasteiger partial charge in [0.25, 0.3) is 0 Å². The second-order valence-corrected chi connectivity index (χ2v) is 9.49. The van der Waals surface area contributed by atoms with Crippen molar-refractivity contribution in [3.8, 4) is 11.4 Å². The van der Waals surface area contributed by atoms with Crippen LogP contribution in [0.1, 0.15) is 24.0 Å². The normalized spacial score (nSPS) is 17.4. The molecule has 156 valence electrons. The average molecular weight is 450 g/mol. The van der Waals surface area contributed by atoms with Gasteiger partial charge >= 0.3 is 0 Å². The van der Waals surface area contributed by atoms with Crippen molar-refractivity contribution in [3.05, 3.63) is 69.8 Å².